The van der Waals surface area contributed by atoms with Gasteiger partial charge in [0.1, 0.15) is 17.9 Å². The highest BCUT2D eigenvalue weighted by molar-refractivity contribution is 5.81. The van der Waals surface area contributed by atoms with Gasteiger partial charge in [-0.2, -0.15) is 0 Å². The Morgan fingerprint density at radius 1 is 0.857 bits per heavy atom. The predicted octanol–water partition coefficient (Wildman–Crippen LogP) is 5.06. The van der Waals surface area contributed by atoms with Crippen LogP contribution in [-0.2, 0) is 23.9 Å². The zero-order chi connectivity index (χ0) is 25.7. The van der Waals surface area contributed by atoms with E-state index in [4.69, 9.17) is 15.2 Å². The van der Waals surface area contributed by atoms with Crippen molar-refractivity contribution in [1.82, 2.24) is 0 Å². The molecule has 0 aromatic rings. The number of hydrogen-bond acceptors (Lipinski definition) is 6. The highest BCUT2D eigenvalue weighted by Crippen LogP contribution is 2.67. The summed E-state index contributed by atoms with van der Waals surface area (Å²) in [5.74, 6) is 2.23. The maximum Gasteiger partial charge on any atom is 0.347 e. The SMILES string of the molecule is CC(=O)[C@H]1CC[C@H]2[C@@H]3CC[C@H]4C[C@H](OC(=O)[C@H](C)OC(=O)[C@@H](N)C(C)C)CC[C@]4(C)[C@H]3CC[C@]12C. The largest absolute Gasteiger partial charge is 0.460 e. The van der Waals surface area contributed by atoms with Crippen molar-refractivity contribution < 1.29 is 23.9 Å². The Morgan fingerprint density at radius 2 is 1.51 bits per heavy atom. The molecule has 0 saturated heterocycles. The molecule has 0 heterocycles. The summed E-state index contributed by atoms with van der Waals surface area (Å²) in [6.07, 6.45) is 8.87. The zero-order valence-corrected chi connectivity index (χ0v) is 22.7. The van der Waals surface area contributed by atoms with Gasteiger partial charge in [0.25, 0.3) is 0 Å². The van der Waals surface area contributed by atoms with Gasteiger partial charge < -0.3 is 15.2 Å². The third-order valence-electron chi connectivity index (χ3n) is 11.0. The fraction of sp³-hybridized carbons (Fsp3) is 0.897. The lowest BCUT2D eigenvalue weighted by molar-refractivity contribution is -0.178. The van der Waals surface area contributed by atoms with E-state index in [0.29, 0.717) is 23.5 Å². The molecule has 4 saturated carbocycles. The summed E-state index contributed by atoms with van der Waals surface area (Å²) in [5.41, 5.74) is 6.32. The number of ether oxygens (including phenoxy) is 2. The van der Waals surface area contributed by atoms with E-state index in [2.05, 4.69) is 13.8 Å². The summed E-state index contributed by atoms with van der Waals surface area (Å²) < 4.78 is 11.1. The van der Waals surface area contributed by atoms with Gasteiger partial charge in [0, 0.05) is 5.92 Å². The minimum atomic E-state index is -0.941. The molecule has 35 heavy (non-hydrogen) atoms. The Labute approximate surface area is 211 Å². The van der Waals surface area contributed by atoms with Crippen molar-refractivity contribution in [2.75, 3.05) is 0 Å². The van der Waals surface area contributed by atoms with E-state index in [1.807, 2.05) is 13.8 Å². The molecule has 6 heteroatoms. The average molecular weight is 490 g/mol. The molecule has 0 radical (unpaired) electrons. The van der Waals surface area contributed by atoms with Gasteiger partial charge in [-0.05, 0) is 112 Å². The number of ketones is 1. The van der Waals surface area contributed by atoms with E-state index in [9.17, 15) is 14.4 Å². The van der Waals surface area contributed by atoms with E-state index >= 15 is 0 Å². The second kappa shape index (κ2) is 9.79. The van der Waals surface area contributed by atoms with Crippen LogP contribution in [0.4, 0.5) is 0 Å². The molecule has 198 valence electrons. The number of esters is 2. The molecule has 10 atom stereocenters. The van der Waals surface area contributed by atoms with Crippen LogP contribution < -0.4 is 5.73 Å². The first kappa shape index (κ1) is 26.6. The van der Waals surface area contributed by atoms with E-state index in [0.717, 1.165) is 31.6 Å². The van der Waals surface area contributed by atoms with Crippen molar-refractivity contribution in [1.29, 1.82) is 0 Å². The highest BCUT2D eigenvalue weighted by atomic mass is 16.6. The van der Waals surface area contributed by atoms with Crippen LogP contribution in [0.5, 0.6) is 0 Å². The standard InChI is InChI=1S/C29H47NO5/c1-16(2)25(30)27(33)34-18(4)26(32)35-20-11-13-28(5)19(15-20)7-8-21-23-10-9-22(17(3)31)29(23,6)14-12-24(21)28/h16,18-25H,7-15,30H2,1-6H3/t18-,19-,20+,21-,22+,23-,24-,25-,28-,29+/m0/s1. The number of Topliss-reactive ketones (excluding diaryl/α,β-unsaturated/α-hetero) is 1. The molecular weight excluding hydrogens is 442 g/mol. The molecule has 0 spiro atoms. The summed E-state index contributed by atoms with van der Waals surface area (Å²) in [6, 6.07) is -0.737. The molecule has 0 aromatic heterocycles. The molecule has 0 amide bonds. The first-order valence-corrected chi connectivity index (χ1v) is 14.1. The topological polar surface area (TPSA) is 95.7 Å². The number of carbonyl (C=O) groups is 3. The smallest absolute Gasteiger partial charge is 0.347 e. The van der Waals surface area contributed by atoms with Crippen LogP contribution >= 0.6 is 0 Å². The molecule has 0 aliphatic heterocycles. The molecule has 0 unspecified atom stereocenters. The fourth-order valence-electron chi connectivity index (χ4n) is 8.83. The quantitative estimate of drug-likeness (QED) is 0.524. The van der Waals surface area contributed by atoms with Crippen LogP contribution in [0.2, 0.25) is 0 Å². The third kappa shape index (κ3) is 4.69. The van der Waals surface area contributed by atoms with Gasteiger partial charge in [0.05, 0.1) is 0 Å². The second-order valence-corrected chi connectivity index (χ2v) is 13.1. The first-order valence-electron chi connectivity index (χ1n) is 14.1. The number of nitrogens with two attached hydrogens (primary N) is 1. The van der Waals surface area contributed by atoms with Crippen molar-refractivity contribution in [3.63, 3.8) is 0 Å². The molecule has 4 rings (SSSR count). The molecular formula is C29H47NO5. The molecule has 0 aromatic carbocycles. The Hall–Kier alpha value is -1.43. The van der Waals surface area contributed by atoms with Crippen LogP contribution in [0.3, 0.4) is 0 Å². The van der Waals surface area contributed by atoms with E-state index < -0.39 is 24.1 Å². The van der Waals surface area contributed by atoms with Gasteiger partial charge in [-0.1, -0.05) is 27.7 Å². The minimum absolute atomic E-state index is 0.0490. The van der Waals surface area contributed by atoms with E-state index in [1.54, 1.807) is 13.8 Å². The Bertz CT molecular complexity index is 841. The van der Waals surface area contributed by atoms with Gasteiger partial charge in [-0.25, -0.2) is 4.79 Å². The van der Waals surface area contributed by atoms with Gasteiger partial charge in [0.2, 0.25) is 0 Å². The maximum atomic E-state index is 12.7. The minimum Gasteiger partial charge on any atom is -0.460 e. The molecule has 4 aliphatic carbocycles. The van der Waals surface area contributed by atoms with Crippen molar-refractivity contribution in [2.45, 2.75) is 118 Å². The normalized spacial score (nSPS) is 42.3. The molecule has 4 aliphatic rings. The zero-order valence-electron chi connectivity index (χ0n) is 22.7. The number of fused-ring (bicyclic) bond motifs is 5. The average Bonchev–Trinajstić information content (AvgIpc) is 3.16. The van der Waals surface area contributed by atoms with E-state index in [1.165, 1.54) is 32.1 Å². The third-order valence-corrected chi connectivity index (χ3v) is 11.0. The predicted molar refractivity (Wildman–Crippen MR) is 134 cm³/mol. The second-order valence-electron chi connectivity index (χ2n) is 13.1. The lowest BCUT2D eigenvalue weighted by Gasteiger charge is -2.61. The first-order chi connectivity index (χ1) is 16.4. The molecule has 2 N–H and O–H groups in total. The van der Waals surface area contributed by atoms with Gasteiger partial charge in [-0.3, -0.25) is 9.59 Å². The molecule has 4 fully saturated rings. The summed E-state index contributed by atoms with van der Waals surface area (Å²) in [7, 11) is 0. The van der Waals surface area contributed by atoms with Crippen LogP contribution in [0, 0.1) is 46.3 Å². The molecule has 0 bridgehead atoms. The Morgan fingerprint density at radius 3 is 2.17 bits per heavy atom. The Balaban J connectivity index is 1.36. The van der Waals surface area contributed by atoms with Crippen molar-refractivity contribution in [3.8, 4) is 0 Å². The number of carbonyl (C=O) groups excluding carboxylic acids is 3. The van der Waals surface area contributed by atoms with Crippen LogP contribution in [-0.4, -0.2) is 36.0 Å². The van der Waals surface area contributed by atoms with Gasteiger partial charge in [0.15, 0.2) is 6.10 Å². The Kier molecular flexibility index (Phi) is 7.45. The fourth-order valence-corrected chi connectivity index (χ4v) is 8.83. The lowest BCUT2D eigenvalue weighted by Crippen LogP contribution is -2.54. The van der Waals surface area contributed by atoms with E-state index in [-0.39, 0.29) is 28.8 Å². The summed E-state index contributed by atoms with van der Waals surface area (Å²) in [4.78, 5) is 37.2. The van der Waals surface area contributed by atoms with Crippen LogP contribution in [0.25, 0.3) is 0 Å². The summed E-state index contributed by atoms with van der Waals surface area (Å²) >= 11 is 0. The summed E-state index contributed by atoms with van der Waals surface area (Å²) in [5, 5.41) is 0. The highest BCUT2D eigenvalue weighted by Gasteiger charge is 2.61. The van der Waals surface area contributed by atoms with Gasteiger partial charge >= 0.3 is 11.9 Å². The lowest BCUT2D eigenvalue weighted by atomic mass is 9.44. The van der Waals surface area contributed by atoms with Gasteiger partial charge in [-0.15, -0.1) is 0 Å². The number of rotatable bonds is 6. The monoisotopic (exact) mass is 489 g/mol. The van der Waals surface area contributed by atoms with Crippen molar-refractivity contribution >= 4 is 17.7 Å². The molecule has 6 nitrogen and oxygen atoms in total. The van der Waals surface area contributed by atoms with Crippen LogP contribution in [0.15, 0.2) is 0 Å². The van der Waals surface area contributed by atoms with Crippen molar-refractivity contribution in [2.24, 2.45) is 52.1 Å². The number of hydrogen-bond donors (Lipinski definition) is 1. The van der Waals surface area contributed by atoms with Crippen molar-refractivity contribution in [3.05, 3.63) is 0 Å². The maximum absolute atomic E-state index is 12.7. The summed E-state index contributed by atoms with van der Waals surface area (Å²) in [6.45, 7) is 12.0. The van der Waals surface area contributed by atoms with Crippen LogP contribution in [0.1, 0.15) is 99.3 Å².